The second-order valence-corrected chi connectivity index (χ2v) is 6.16. The first-order valence-corrected chi connectivity index (χ1v) is 8.31. The van der Waals surface area contributed by atoms with Crippen molar-refractivity contribution in [3.63, 3.8) is 0 Å². The number of aromatic nitrogens is 3. The number of aromatic hydroxyl groups is 1. The summed E-state index contributed by atoms with van der Waals surface area (Å²) in [6, 6.07) is 11.6. The Labute approximate surface area is 154 Å². The second kappa shape index (κ2) is 6.49. The van der Waals surface area contributed by atoms with Crippen LogP contribution in [-0.2, 0) is 0 Å². The highest BCUT2D eigenvalue weighted by Gasteiger charge is 2.27. The van der Waals surface area contributed by atoms with E-state index in [4.69, 9.17) is 0 Å². The zero-order chi connectivity index (χ0) is 19.0. The summed E-state index contributed by atoms with van der Waals surface area (Å²) in [5.74, 6) is -1.18. The van der Waals surface area contributed by atoms with Crippen LogP contribution in [0.15, 0.2) is 67.3 Å². The molecule has 1 N–H and O–H groups in total. The minimum atomic E-state index is -0.431. The van der Waals surface area contributed by atoms with Gasteiger partial charge in [-0.2, -0.15) is 0 Å². The maximum absolute atomic E-state index is 13.0. The third-order valence-electron chi connectivity index (χ3n) is 4.40. The van der Waals surface area contributed by atoms with Gasteiger partial charge in [0, 0.05) is 41.3 Å². The average Bonchev–Trinajstić information content (AvgIpc) is 2.99. The molecule has 0 amide bonds. The maximum atomic E-state index is 13.0. The molecule has 0 aliphatic rings. The van der Waals surface area contributed by atoms with Crippen molar-refractivity contribution in [1.82, 2.24) is 14.5 Å². The minimum absolute atomic E-state index is 0.0959. The molecule has 0 radical (unpaired) electrons. The van der Waals surface area contributed by atoms with Crippen molar-refractivity contribution >= 4 is 22.6 Å². The molecule has 3 aromatic heterocycles. The predicted octanol–water partition coefficient (Wildman–Crippen LogP) is 3.36. The van der Waals surface area contributed by atoms with E-state index in [1.165, 1.54) is 29.4 Å². The average molecular weight is 357 g/mol. The summed E-state index contributed by atoms with van der Waals surface area (Å²) in [6.45, 7) is 1.88. The van der Waals surface area contributed by atoms with Gasteiger partial charge in [-0.05, 0) is 42.8 Å². The van der Waals surface area contributed by atoms with E-state index in [1.54, 1.807) is 36.4 Å². The van der Waals surface area contributed by atoms with Crippen LogP contribution in [0, 0.1) is 6.92 Å². The van der Waals surface area contributed by atoms with Gasteiger partial charge in [0.1, 0.15) is 0 Å². The molecule has 4 rings (SSSR count). The van der Waals surface area contributed by atoms with E-state index < -0.39 is 5.91 Å². The van der Waals surface area contributed by atoms with Crippen LogP contribution < -0.4 is 0 Å². The Bertz CT molecular complexity index is 1170. The van der Waals surface area contributed by atoms with Gasteiger partial charge in [0.15, 0.2) is 5.78 Å². The van der Waals surface area contributed by atoms with E-state index in [0.29, 0.717) is 22.0 Å². The number of aryl methyl sites for hydroxylation is 1. The third kappa shape index (κ3) is 2.77. The summed E-state index contributed by atoms with van der Waals surface area (Å²) >= 11 is 0. The number of ketones is 1. The van der Waals surface area contributed by atoms with Gasteiger partial charge in [0.25, 0.3) is 5.91 Å². The molecule has 0 bridgehead atoms. The standard InChI is InChI=1S/C21H15N3O3/c1-13-2-3-16-17(12-13)24(20(26)15-6-10-23-11-7-15)21(27)18(16)19(25)14-4-8-22-9-5-14/h2-12,27H,1H3. The number of benzene rings is 1. The van der Waals surface area contributed by atoms with E-state index in [2.05, 4.69) is 9.97 Å². The number of fused-ring (bicyclic) bond motifs is 1. The minimum Gasteiger partial charge on any atom is -0.494 e. The van der Waals surface area contributed by atoms with Crippen LogP contribution in [0.4, 0.5) is 0 Å². The molecule has 27 heavy (non-hydrogen) atoms. The molecule has 0 saturated heterocycles. The van der Waals surface area contributed by atoms with Crippen LogP contribution in [0.5, 0.6) is 5.88 Å². The van der Waals surface area contributed by atoms with E-state index in [0.717, 1.165) is 5.56 Å². The summed E-state index contributed by atoms with van der Waals surface area (Å²) in [6.07, 6.45) is 6.03. The van der Waals surface area contributed by atoms with Gasteiger partial charge in [-0.1, -0.05) is 12.1 Å². The van der Waals surface area contributed by atoms with Crippen molar-refractivity contribution in [2.45, 2.75) is 6.92 Å². The molecule has 132 valence electrons. The van der Waals surface area contributed by atoms with Gasteiger partial charge in [-0.15, -0.1) is 0 Å². The third-order valence-corrected chi connectivity index (χ3v) is 4.40. The first kappa shape index (κ1) is 16.7. The van der Waals surface area contributed by atoms with Crippen molar-refractivity contribution in [3.05, 3.63) is 89.5 Å². The lowest BCUT2D eigenvalue weighted by molar-refractivity contribution is 0.0956. The molecule has 0 aliphatic carbocycles. The molecule has 6 nitrogen and oxygen atoms in total. The van der Waals surface area contributed by atoms with Crippen LogP contribution in [-0.4, -0.2) is 31.3 Å². The fraction of sp³-hybridized carbons (Fsp3) is 0.0476. The highest BCUT2D eigenvalue weighted by Crippen LogP contribution is 2.34. The largest absolute Gasteiger partial charge is 0.494 e. The number of rotatable bonds is 3. The van der Waals surface area contributed by atoms with Crippen molar-refractivity contribution in [2.75, 3.05) is 0 Å². The van der Waals surface area contributed by atoms with Crippen molar-refractivity contribution < 1.29 is 14.7 Å². The summed E-state index contributed by atoms with van der Waals surface area (Å²) in [5.41, 5.74) is 2.23. The number of hydrogen-bond donors (Lipinski definition) is 1. The Balaban J connectivity index is 1.98. The van der Waals surface area contributed by atoms with Crippen molar-refractivity contribution in [2.24, 2.45) is 0 Å². The molecule has 0 saturated carbocycles. The summed E-state index contributed by atoms with van der Waals surface area (Å²) in [5, 5.41) is 11.4. The normalized spacial score (nSPS) is 10.9. The van der Waals surface area contributed by atoms with Crippen LogP contribution in [0.1, 0.15) is 31.8 Å². The lowest BCUT2D eigenvalue weighted by atomic mass is 10.0. The highest BCUT2D eigenvalue weighted by molar-refractivity contribution is 6.20. The molecule has 0 unspecified atom stereocenters. The molecule has 6 heteroatoms. The molecule has 0 fully saturated rings. The molecular weight excluding hydrogens is 342 g/mol. The van der Waals surface area contributed by atoms with Gasteiger partial charge in [0.05, 0.1) is 11.1 Å². The Morgan fingerprint density at radius 2 is 1.48 bits per heavy atom. The summed E-state index contributed by atoms with van der Waals surface area (Å²) < 4.78 is 1.17. The van der Waals surface area contributed by atoms with Crippen molar-refractivity contribution in [1.29, 1.82) is 0 Å². The number of carbonyl (C=O) groups excluding carboxylic acids is 2. The SMILES string of the molecule is Cc1ccc2c(C(=O)c3ccncc3)c(O)n(C(=O)c3ccncc3)c2c1. The van der Waals surface area contributed by atoms with E-state index in [9.17, 15) is 14.7 Å². The molecule has 3 heterocycles. The quantitative estimate of drug-likeness (QED) is 0.568. The molecule has 1 aromatic carbocycles. The lowest BCUT2D eigenvalue weighted by Gasteiger charge is -2.06. The van der Waals surface area contributed by atoms with E-state index in [1.807, 2.05) is 13.0 Å². The van der Waals surface area contributed by atoms with Gasteiger partial charge in [0.2, 0.25) is 5.88 Å². The number of pyridine rings is 2. The topological polar surface area (TPSA) is 85.1 Å². The number of hydrogen-bond acceptors (Lipinski definition) is 5. The fourth-order valence-electron chi connectivity index (χ4n) is 3.09. The summed E-state index contributed by atoms with van der Waals surface area (Å²) in [4.78, 5) is 33.9. The first-order valence-electron chi connectivity index (χ1n) is 8.31. The number of nitrogens with zero attached hydrogens (tertiary/aromatic N) is 3. The van der Waals surface area contributed by atoms with Gasteiger partial charge in [-0.3, -0.25) is 19.6 Å². The molecule has 4 aromatic rings. The Morgan fingerprint density at radius 3 is 2.11 bits per heavy atom. The Hall–Kier alpha value is -3.80. The smallest absolute Gasteiger partial charge is 0.265 e. The molecule has 0 aliphatic heterocycles. The van der Waals surface area contributed by atoms with Crippen LogP contribution in [0.25, 0.3) is 10.9 Å². The second-order valence-electron chi connectivity index (χ2n) is 6.16. The van der Waals surface area contributed by atoms with E-state index >= 15 is 0 Å². The molecule has 0 atom stereocenters. The monoisotopic (exact) mass is 357 g/mol. The Kier molecular flexibility index (Phi) is 4.01. The maximum Gasteiger partial charge on any atom is 0.265 e. The van der Waals surface area contributed by atoms with Crippen LogP contribution >= 0.6 is 0 Å². The van der Waals surface area contributed by atoms with Gasteiger partial charge in [-0.25, -0.2) is 4.57 Å². The lowest BCUT2D eigenvalue weighted by Crippen LogP contribution is -2.12. The van der Waals surface area contributed by atoms with Crippen molar-refractivity contribution in [3.8, 4) is 5.88 Å². The van der Waals surface area contributed by atoms with Gasteiger partial charge >= 0.3 is 0 Å². The van der Waals surface area contributed by atoms with Crippen LogP contribution in [0.2, 0.25) is 0 Å². The van der Waals surface area contributed by atoms with Crippen LogP contribution in [0.3, 0.4) is 0 Å². The number of carbonyl (C=O) groups is 2. The molecular formula is C21H15N3O3. The zero-order valence-corrected chi connectivity index (χ0v) is 14.5. The highest BCUT2D eigenvalue weighted by atomic mass is 16.3. The first-order chi connectivity index (χ1) is 13.1. The zero-order valence-electron chi connectivity index (χ0n) is 14.5. The summed E-state index contributed by atoms with van der Waals surface area (Å²) in [7, 11) is 0. The van der Waals surface area contributed by atoms with Gasteiger partial charge < -0.3 is 5.11 Å². The predicted molar refractivity (Wildman–Crippen MR) is 100.0 cm³/mol. The van der Waals surface area contributed by atoms with E-state index in [-0.39, 0.29) is 17.2 Å². The molecule has 0 spiro atoms. The fourth-order valence-corrected chi connectivity index (χ4v) is 3.09. The Morgan fingerprint density at radius 1 is 0.889 bits per heavy atom.